The fourth-order valence-electron chi connectivity index (χ4n) is 1.67. The predicted octanol–water partition coefficient (Wildman–Crippen LogP) is 2.24. The first-order chi connectivity index (χ1) is 9.20. The van der Waals surface area contributed by atoms with Crippen molar-refractivity contribution < 1.29 is 14.6 Å². The third-order valence-electron chi connectivity index (χ3n) is 3.00. The van der Waals surface area contributed by atoms with Crippen molar-refractivity contribution >= 4 is 24.8 Å². The van der Waals surface area contributed by atoms with Gasteiger partial charge in [0.1, 0.15) is 17.3 Å². The van der Waals surface area contributed by atoms with Crippen molar-refractivity contribution in [3.63, 3.8) is 0 Å². The lowest BCUT2D eigenvalue weighted by Crippen LogP contribution is -2.20. The predicted molar refractivity (Wildman–Crippen MR) is 84.5 cm³/mol. The summed E-state index contributed by atoms with van der Waals surface area (Å²) in [4.78, 5) is 11.8. The molecule has 0 aromatic heterocycles. The van der Waals surface area contributed by atoms with Gasteiger partial charge in [0.05, 0.1) is 5.92 Å². The van der Waals surface area contributed by atoms with Gasteiger partial charge >= 0.3 is 5.97 Å². The maximum atomic E-state index is 11.8. The molecule has 0 amide bonds. The van der Waals surface area contributed by atoms with Gasteiger partial charge in [0, 0.05) is 17.3 Å². The van der Waals surface area contributed by atoms with E-state index in [4.69, 9.17) is 10.1 Å². The molecule has 0 saturated heterocycles. The van der Waals surface area contributed by atoms with E-state index in [-0.39, 0.29) is 23.1 Å². The van der Waals surface area contributed by atoms with Crippen LogP contribution < -0.4 is 4.74 Å². The molecule has 0 radical (unpaired) electrons. The SMILES string of the molecule is CC(C[SH2+])C(=O)Oc1cc(C=N)c(O)c(C(C)(C)C)c1. The van der Waals surface area contributed by atoms with E-state index in [1.54, 1.807) is 13.0 Å². The number of nitrogens with one attached hydrogen (secondary N) is 1. The lowest BCUT2D eigenvalue weighted by molar-refractivity contribution is -0.137. The number of aromatic hydroxyl groups is 1. The van der Waals surface area contributed by atoms with Crippen LogP contribution in [0, 0.1) is 11.3 Å². The van der Waals surface area contributed by atoms with Gasteiger partial charge in [-0.15, -0.1) is 0 Å². The third kappa shape index (κ3) is 3.76. The van der Waals surface area contributed by atoms with Gasteiger partial charge in [-0.05, 0) is 37.1 Å². The van der Waals surface area contributed by atoms with Crippen molar-refractivity contribution in [3.05, 3.63) is 23.3 Å². The largest absolute Gasteiger partial charge is 0.507 e. The Morgan fingerprint density at radius 3 is 2.55 bits per heavy atom. The normalized spacial score (nSPS) is 12.8. The number of benzene rings is 1. The van der Waals surface area contributed by atoms with Crippen LogP contribution in [-0.2, 0) is 22.8 Å². The highest BCUT2D eigenvalue weighted by atomic mass is 32.1. The standard InChI is InChI=1S/C15H21NO3S/c1-9(8-20)14(18)19-11-5-10(7-16)13(17)12(6-11)15(2,3)4/h5-7,9,16-17,20H,8H2,1-4H3/p+1. The highest BCUT2D eigenvalue weighted by molar-refractivity contribution is 7.58. The van der Waals surface area contributed by atoms with Gasteiger partial charge in [-0.3, -0.25) is 4.79 Å². The van der Waals surface area contributed by atoms with Gasteiger partial charge in [0.2, 0.25) is 0 Å². The van der Waals surface area contributed by atoms with Crippen LogP contribution in [0.15, 0.2) is 12.1 Å². The average molecular weight is 296 g/mol. The molecule has 0 bridgehead atoms. The number of ether oxygens (including phenoxy) is 1. The van der Waals surface area contributed by atoms with Crippen LogP contribution in [0.2, 0.25) is 0 Å². The van der Waals surface area contributed by atoms with E-state index in [0.29, 0.717) is 22.6 Å². The second-order valence-corrected chi connectivity index (χ2v) is 6.24. The number of phenolic OH excluding ortho intramolecular Hbond substituents is 1. The monoisotopic (exact) mass is 296 g/mol. The summed E-state index contributed by atoms with van der Waals surface area (Å²) in [6.45, 7) is 7.60. The fourth-order valence-corrected chi connectivity index (χ4v) is 1.84. The van der Waals surface area contributed by atoms with Crippen LogP contribution >= 0.6 is 0 Å². The molecule has 2 N–H and O–H groups in total. The van der Waals surface area contributed by atoms with Crippen molar-refractivity contribution in [2.45, 2.75) is 33.1 Å². The maximum absolute atomic E-state index is 11.8. The van der Waals surface area contributed by atoms with Crippen LogP contribution in [0.3, 0.4) is 0 Å². The van der Waals surface area contributed by atoms with Crippen LogP contribution in [0.25, 0.3) is 0 Å². The van der Waals surface area contributed by atoms with E-state index in [1.165, 1.54) is 6.07 Å². The van der Waals surface area contributed by atoms with Crippen LogP contribution in [-0.4, -0.2) is 23.0 Å². The number of rotatable bonds is 4. The smallest absolute Gasteiger partial charge is 0.318 e. The third-order valence-corrected chi connectivity index (χ3v) is 3.62. The van der Waals surface area contributed by atoms with E-state index >= 15 is 0 Å². The summed E-state index contributed by atoms with van der Waals surface area (Å²) < 4.78 is 5.32. The Kier molecular flexibility index (Phi) is 5.22. The van der Waals surface area contributed by atoms with Crippen molar-refractivity contribution in [2.24, 2.45) is 5.92 Å². The zero-order valence-corrected chi connectivity index (χ0v) is 13.3. The van der Waals surface area contributed by atoms with Gasteiger partial charge in [0.25, 0.3) is 0 Å². The average Bonchev–Trinajstić information content (AvgIpc) is 2.38. The number of carbonyl (C=O) groups is 1. The minimum atomic E-state index is -0.346. The summed E-state index contributed by atoms with van der Waals surface area (Å²) in [5.74, 6) is 0.313. The van der Waals surface area contributed by atoms with Crippen molar-refractivity contribution in [2.75, 3.05) is 5.75 Å². The Balaban J connectivity index is 3.22. The highest BCUT2D eigenvalue weighted by Crippen LogP contribution is 2.36. The van der Waals surface area contributed by atoms with Gasteiger partial charge in [0.15, 0.2) is 0 Å². The minimum absolute atomic E-state index is 0.0560. The molecule has 0 spiro atoms. The molecule has 0 fully saturated rings. The molecular weight excluding hydrogens is 274 g/mol. The van der Waals surface area contributed by atoms with E-state index in [1.807, 2.05) is 20.8 Å². The molecule has 20 heavy (non-hydrogen) atoms. The lowest BCUT2D eigenvalue weighted by Gasteiger charge is -2.22. The second-order valence-electron chi connectivity index (χ2n) is 5.83. The summed E-state index contributed by atoms with van der Waals surface area (Å²) in [5, 5.41) is 17.5. The summed E-state index contributed by atoms with van der Waals surface area (Å²) in [6, 6.07) is 3.15. The summed E-state index contributed by atoms with van der Waals surface area (Å²) in [5.41, 5.74) is 0.670. The fraction of sp³-hybridized carbons (Fsp3) is 0.467. The molecule has 5 heteroatoms. The number of hydrogen-bond donors (Lipinski definition) is 2. The van der Waals surface area contributed by atoms with Crippen LogP contribution in [0.1, 0.15) is 38.8 Å². The quantitative estimate of drug-likeness (QED) is 0.387. The first kappa shape index (κ1) is 16.6. The summed E-state index contributed by atoms with van der Waals surface area (Å²) in [7, 11) is 0. The Bertz CT molecular complexity index is 521. The minimum Gasteiger partial charge on any atom is -0.507 e. The molecular formula is C15H22NO3S+. The first-order valence-corrected chi connectivity index (χ1v) is 7.15. The molecule has 1 unspecified atom stereocenters. The van der Waals surface area contributed by atoms with Crippen LogP contribution in [0.4, 0.5) is 0 Å². The Labute approximate surface area is 125 Å². The molecule has 0 aliphatic heterocycles. The zero-order valence-electron chi connectivity index (χ0n) is 12.3. The van der Waals surface area contributed by atoms with E-state index in [2.05, 4.69) is 12.6 Å². The maximum Gasteiger partial charge on any atom is 0.318 e. The number of carbonyl (C=O) groups excluding carboxylic acids is 1. The van der Waals surface area contributed by atoms with Gasteiger partial charge in [-0.2, -0.15) is 0 Å². The Morgan fingerprint density at radius 2 is 2.10 bits per heavy atom. The molecule has 1 aromatic rings. The number of esters is 1. The number of phenols is 1. The molecule has 0 aliphatic carbocycles. The van der Waals surface area contributed by atoms with E-state index in [0.717, 1.165) is 6.21 Å². The molecule has 0 saturated carbocycles. The zero-order chi connectivity index (χ0) is 15.5. The summed E-state index contributed by atoms with van der Waals surface area (Å²) >= 11 is 3.29. The molecule has 1 rings (SSSR count). The molecule has 0 aliphatic rings. The lowest BCUT2D eigenvalue weighted by atomic mass is 9.85. The molecule has 4 nitrogen and oxygen atoms in total. The first-order valence-electron chi connectivity index (χ1n) is 6.45. The molecule has 1 aromatic carbocycles. The van der Waals surface area contributed by atoms with Gasteiger partial charge in [-0.1, -0.05) is 20.8 Å². The van der Waals surface area contributed by atoms with Crippen LogP contribution in [0.5, 0.6) is 11.5 Å². The Hall–Kier alpha value is -1.49. The molecule has 0 heterocycles. The van der Waals surface area contributed by atoms with Crippen molar-refractivity contribution in [1.82, 2.24) is 0 Å². The van der Waals surface area contributed by atoms with Gasteiger partial charge in [-0.25, -0.2) is 0 Å². The summed E-state index contributed by atoms with van der Waals surface area (Å²) in [6.07, 6.45) is 1.05. The topological polar surface area (TPSA) is 70.4 Å². The van der Waals surface area contributed by atoms with Gasteiger partial charge < -0.3 is 15.3 Å². The van der Waals surface area contributed by atoms with E-state index in [9.17, 15) is 9.90 Å². The van der Waals surface area contributed by atoms with Crippen molar-refractivity contribution in [3.8, 4) is 11.5 Å². The highest BCUT2D eigenvalue weighted by Gasteiger charge is 2.23. The Morgan fingerprint density at radius 1 is 1.50 bits per heavy atom. The second kappa shape index (κ2) is 6.31. The number of hydrogen-bond acceptors (Lipinski definition) is 4. The van der Waals surface area contributed by atoms with E-state index < -0.39 is 0 Å². The van der Waals surface area contributed by atoms with Crippen molar-refractivity contribution in [1.29, 1.82) is 5.41 Å². The molecule has 1 atom stereocenters. The molecule has 110 valence electrons.